The van der Waals surface area contributed by atoms with Gasteiger partial charge in [0.1, 0.15) is 6.04 Å². The molecule has 0 aromatic rings. The molecule has 0 aliphatic heterocycles. The van der Waals surface area contributed by atoms with Gasteiger partial charge in [-0.1, -0.05) is 20.3 Å². The van der Waals surface area contributed by atoms with Crippen LogP contribution in [0.2, 0.25) is 0 Å². The van der Waals surface area contributed by atoms with Gasteiger partial charge in [0, 0.05) is 20.8 Å². The second-order valence-corrected chi connectivity index (χ2v) is 4.37. The summed E-state index contributed by atoms with van der Waals surface area (Å²) in [6, 6.07) is -1.42. The fourth-order valence-electron chi connectivity index (χ4n) is 1.48. The van der Waals surface area contributed by atoms with Crippen molar-refractivity contribution in [2.24, 2.45) is 5.92 Å². The standard InChI is InChI=1S/C12H24N2O5/c1-5-8(2)10(11(15)16)14-12(17)13-6-9(19-4)7-18-3/h8-10H,5-7H2,1-4H3,(H,15,16)(H2,13,14,17)/t8?,9?,10-/m0/s1. The fourth-order valence-corrected chi connectivity index (χ4v) is 1.48. The highest BCUT2D eigenvalue weighted by Gasteiger charge is 2.25. The van der Waals surface area contributed by atoms with Gasteiger partial charge in [0.25, 0.3) is 0 Å². The summed E-state index contributed by atoms with van der Waals surface area (Å²) in [7, 11) is 3.05. The van der Waals surface area contributed by atoms with Crippen molar-refractivity contribution in [1.82, 2.24) is 10.6 Å². The first-order chi connectivity index (χ1) is 8.96. The Balaban J connectivity index is 4.23. The van der Waals surface area contributed by atoms with Gasteiger partial charge >= 0.3 is 12.0 Å². The molecule has 2 unspecified atom stereocenters. The Morgan fingerprint density at radius 2 is 1.95 bits per heavy atom. The van der Waals surface area contributed by atoms with Gasteiger partial charge in [0.2, 0.25) is 0 Å². The summed E-state index contributed by atoms with van der Waals surface area (Å²) in [6.45, 7) is 4.26. The molecule has 19 heavy (non-hydrogen) atoms. The molecule has 7 heteroatoms. The fraction of sp³-hybridized carbons (Fsp3) is 0.833. The molecule has 0 fully saturated rings. The van der Waals surface area contributed by atoms with E-state index in [1.807, 2.05) is 6.92 Å². The quantitative estimate of drug-likeness (QED) is 0.568. The van der Waals surface area contributed by atoms with E-state index in [1.54, 1.807) is 6.92 Å². The number of carbonyl (C=O) groups excluding carboxylic acids is 1. The minimum Gasteiger partial charge on any atom is -0.480 e. The van der Waals surface area contributed by atoms with Crippen LogP contribution in [0, 0.1) is 5.92 Å². The van der Waals surface area contributed by atoms with Crippen LogP contribution in [-0.2, 0) is 14.3 Å². The van der Waals surface area contributed by atoms with Crippen LogP contribution in [0.3, 0.4) is 0 Å². The molecule has 0 saturated heterocycles. The summed E-state index contributed by atoms with van der Waals surface area (Å²) in [5, 5.41) is 14.1. The SMILES string of the molecule is CCC(C)[C@H](NC(=O)NCC(COC)OC)C(=O)O. The molecule has 0 rings (SSSR count). The first kappa shape index (κ1) is 17.7. The zero-order valence-electron chi connectivity index (χ0n) is 11.9. The maximum Gasteiger partial charge on any atom is 0.326 e. The van der Waals surface area contributed by atoms with E-state index in [9.17, 15) is 9.59 Å². The minimum atomic E-state index is -1.04. The van der Waals surface area contributed by atoms with Crippen molar-refractivity contribution in [2.75, 3.05) is 27.4 Å². The molecule has 112 valence electrons. The Morgan fingerprint density at radius 3 is 2.37 bits per heavy atom. The topological polar surface area (TPSA) is 96.9 Å². The lowest BCUT2D eigenvalue weighted by atomic mass is 9.99. The van der Waals surface area contributed by atoms with Crippen molar-refractivity contribution in [3.05, 3.63) is 0 Å². The van der Waals surface area contributed by atoms with Crippen LogP contribution in [0.25, 0.3) is 0 Å². The Bertz CT molecular complexity index is 285. The number of amides is 2. The van der Waals surface area contributed by atoms with Crippen LogP contribution in [0.5, 0.6) is 0 Å². The summed E-state index contributed by atoms with van der Waals surface area (Å²) in [4.78, 5) is 22.7. The van der Waals surface area contributed by atoms with Crippen molar-refractivity contribution in [3.8, 4) is 0 Å². The highest BCUT2D eigenvalue weighted by molar-refractivity contribution is 5.82. The van der Waals surface area contributed by atoms with Crippen LogP contribution in [-0.4, -0.2) is 56.6 Å². The van der Waals surface area contributed by atoms with E-state index in [0.29, 0.717) is 13.0 Å². The van der Waals surface area contributed by atoms with Crippen molar-refractivity contribution < 1.29 is 24.2 Å². The third kappa shape index (κ3) is 6.97. The maximum atomic E-state index is 11.6. The first-order valence-corrected chi connectivity index (χ1v) is 6.25. The lowest BCUT2D eigenvalue weighted by Gasteiger charge is -2.21. The summed E-state index contributed by atoms with van der Waals surface area (Å²) in [5.74, 6) is -1.18. The van der Waals surface area contributed by atoms with Gasteiger partial charge in [-0.25, -0.2) is 9.59 Å². The molecule has 7 nitrogen and oxygen atoms in total. The van der Waals surface area contributed by atoms with Gasteiger partial charge < -0.3 is 25.2 Å². The molecule has 0 spiro atoms. The number of ether oxygens (including phenoxy) is 2. The second-order valence-electron chi connectivity index (χ2n) is 4.37. The zero-order chi connectivity index (χ0) is 14.8. The molecule has 0 aliphatic rings. The number of carboxylic acids is 1. The molecule has 0 heterocycles. The van der Waals surface area contributed by atoms with Gasteiger partial charge in [-0.3, -0.25) is 0 Å². The zero-order valence-corrected chi connectivity index (χ0v) is 11.9. The maximum absolute atomic E-state index is 11.6. The third-order valence-corrected chi connectivity index (χ3v) is 2.94. The first-order valence-electron chi connectivity index (χ1n) is 6.25. The number of aliphatic carboxylic acids is 1. The lowest BCUT2D eigenvalue weighted by Crippen LogP contribution is -2.50. The molecule has 0 aliphatic carbocycles. The Labute approximate surface area is 113 Å². The summed E-state index contributed by atoms with van der Waals surface area (Å²) >= 11 is 0. The van der Waals surface area contributed by atoms with E-state index in [4.69, 9.17) is 14.6 Å². The number of urea groups is 1. The normalized spacial score (nSPS) is 15.4. The molecule has 0 saturated carbocycles. The Morgan fingerprint density at radius 1 is 1.32 bits per heavy atom. The molecular formula is C12H24N2O5. The van der Waals surface area contributed by atoms with Gasteiger partial charge in [-0.2, -0.15) is 0 Å². The van der Waals surface area contributed by atoms with Gasteiger partial charge in [-0.15, -0.1) is 0 Å². The van der Waals surface area contributed by atoms with Crippen LogP contribution >= 0.6 is 0 Å². The Hall–Kier alpha value is -1.34. The number of hydrogen-bond donors (Lipinski definition) is 3. The van der Waals surface area contributed by atoms with E-state index in [1.165, 1.54) is 14.2 Å². The van der Waals surface area contributed by atoms with Crippen LogP contribution in [0.1, 0.15) is 20.3 Å². The smallest absolute Gasteiger partial charge is 0.326 e. The predicted molar refractivity (Wildman–Crippen MR) is 70.1 cm³/mol. The van der Waals surface area contributed by atoms with Crippen molar-refractivity contribution in [3.63, 3.8) is 0 Å². The van der Waals surface area contributed by atoms with Crippen molar-refractivity contribution >= 4 is 12.0 Å². The summed E-state index contributed by atoms with van der Waals surface area (Å²) in [5.41, 5.74) is 0. The highest BCUT2D eigenvalue weighted by Crippen LogP contribution is 2.07. The van der Waals surface area contributed by atoms with Gasteiger partial charge in [0.15, 0.2) is 0 Å². The van der Waals surface area contributed by atoms with E-state index in [2.05, 4.69) is 10.6 Å². The van der Waals surface area contributed by atoms with E-state index in [0.717, 1.165) is 0 Å². The Kier molecular flexibility index (Phi) is 8.90. The number of carboxylic acid groups (broad SMARTS) is 1. The molecule has 0 aromatic heterocycles. The van der Waals surface area contributed by atoms with E-state index in [-0.39, 0.29) is 18.6 Å². The van der Waals surface area contributed by atoms with Gasteiger partial charge in [0.05, 0.1) is 12.7 Å². The third-order valence-electron chi connectivity index (χ3n) is 2.94. The predicted octanol–water partition coefficient (Wildman–Crippen LogP) is 0.446. The largest absolute Gasteiger partial charge is 0.480 e. The number of rotatable bonds is 9. The molecule has 3 atom stereocenters. The molecule has 3 N–H and O–H groups in total. The second kappa shape index (κ2) is 9.57. The minimum absolute atomic E-state index is 0.138. The highest BCUT2D eigenvalue weighted by atomic mass is 16.5. The average molecular weight is 276 g/mol. The number of hydrogen-bond acceptors (Lipinski definition) is 4. The average Bonchev–Trinajstić information content (AvgIpc) is 2.39. The molecule has 0 bridgehead atoms. The van der Waals surface area contributed by atoms with Crippen LogP contribution < -0.4 is 10.6 Å². The van der Waals surface area contributed by atoms with E-state index >= 15 is 0 Å². The number of methoxy groups -OCH3 is 2. The monoisotopic (exact) mass is 276 g/mol. The van der Waals surface area contributed by atoms with E-state index < -0.39 is 18.0 Å². The van der Waals surface area contributed by atoms with Crippen LogP contribution in [0.15, 0.2) is 0 Å². The number of nitrogens with one attached hydrogen (secondary N) is 2. The summed E-state index contributed by atoms with van der Waals surface area (Å²) < 4.78 is 9.99. The summed E-state index contributed by atoms with van der Waals surface area (Å²) in [6.07, 6.45) is 0.407. The van der Waals surface area contributed by atoms with Crippen LogP contribution in [0.4, 0.5) is 4.79 Å². The molecular weight excluding hydrogens is 252 g/mol. The molecule has 0 radical (unpaired) electrons. The van der Waals surface area contributed by atoms with Crippen molar-refractivity contribution in [2.45, 2.75) is 32.4 Å². The number of carbonyl (C=O) groups is 2. The lowest BCUT2D eigenvalue weighted by molar-refractivity contribution is -0.140. The van der Waals surface area contributed by atoms with Gasteiger partial charge in [-0.05, 0) is 5.92 Å². The van der Waals surface area contributed by atoms with Crippen molar-refractivity contribution in [1.29, 1.82) is 0 Å². The molecule has 2 amide bonds. The molecule has 0 aromatic carbocycles.